The second kappa shape index (κ2) is 10.4. The van der Waals surface area contributed by atoms with Gasteiger partial charge in [-0.3, -0.25) is 33.7 Å². The first-order chi connectivity index (χ1) is 19.1. The van der Waals surface area contributed by atoms with Gasteiger partial charge >= 0.3 is 0 Å². The molecule has 12 heteroatoms. The molecule has 3 heterocycles. The average Bonchev–Trinajstić information content (AvgIpc) is 3.01. The minimum Gasteiger partial charge on any atom is -0.482 e. The standard InChI is InChI=1S/C28H24F2N4O6/c1-15-23(35)24(36)16(2)34-14-32(15)28(39)22-26(40-13-17-6-4-3-5-7-17)25(37)20(12-33(22)34)27(38)31-11-18-8-9-19(29)10-21(18)30/h3-10,12,15-16H,11,13-14H2,1-2H3,(H,31,38). The van der Waals surface area contributed by atoms with Crippen molar-refractivity contribution in [1.29, 1.82) is 0 Å². The van der Waals surface area contributed by atoms with Crippen molar-refractivity contribution in [3.63, 3.8) is 0 Å². The molecule has 0 spiro atoms. The molecule has 206 valence electrons. The van der Waals surface area contributed by atoms with Crippen LogP contribution in [-0.2, 0) is 22.7 Å². The van der Waals surface area contributed by atoms with E-state index < -0.39 is 63.8 Å². The van der Waals surface area contributed by atoms with Crippen LogP contribution in [0, 0.1) is 11.6 Å². The molecule has 2 unspecified atom stereocenters. The molecule has 0 aliphatic carbocycles. The van der Waals surface area contributed by atoms with E-state index in [9.17, 15) is 32.8 Å². The second-order valence-corrected chi connectivity index (χ2v) is 9.52. The number of carbonyl (C=O) groups excluding carboxylic acids is 4. The largest absolute Gasteiger partial charge is 0.482 e. The smallest absolute Gasteiger partial charge is 0.278 e. The van der Waals surface area contributed by atoms with Crippen LogP contribution in [0.4, 0.5) is 8.78 Å². The van der Waals surface area contributed by atoms with Crippen molar-refractivity contribution in [2.24, 2.45) is 0 Å². The first kappa shape index (κ1) is 26.7. The maximum Gasteiger partial charge on any atom is 0.278 e. The van der Waals surface area contributed by atoms with E-state index in [0.717, 1.165) is 18.3 Å². The van der Waals surface area contributed by atoms with Crippen molar-refractivity contribution < 1.29 is 32.7 Å². The van der Waals surface area contributed by atoms with E-state index in [1.165, 1.54) is 28.4 Å². The van der Waals surface area contributed by atoms with Crippen LogP contribution in [0.3, 0.4) is 0 Å². The quantitative estimate of drug-likeness (QED) is 0.466. The van der Waals surface area contributed by atoms with E-state index >= 15 is 0 Å². The van der Waals surface area contributed by atoms with E-state index in [2.05, 4.69) is 5.32 Å². The number of Topliss-reactive ketones (excluding diaryl/α,β-unsaturated/α-hetero) is 2. The van der Waals surface area contributed by atoms with E-state index in [-0.39, 0.29) is 31.1 Å². The summed E-state index contributed by atoms with van der Waals surface area (Å²) in [6.45, 7) is 2.28. The summed E-state index contributed by atoms with van der Waals surface area (Å²) < 4.78 is 34.4. The van der Waals surface area contributed by atoms with Crippen LogP contribution < -0.4 is 20.5 Å². The van der Waals surface area contributed by atoms with Gasteiger partial charge in [-0.15, -0.1) is 0 Å². The lowest BCUT2D eigenvalue weighted by molar-refractivity contribution is -0.138. The number of amides is 2. The summed E-state index contributed by atoms with van der Waals surface area (Å²) in [5, 5.41) is 3.83. The number of hydrogen-bond acceptors (Lipinski definition) is 7. The van der Waals surface area contributed by atoms with Crippen LogP contribution in [-0.4, -0.2) is 51.7 Å². The Morgan fingerprint density at radius 1 is 1.00 bits per heavy atom. The third-order valence-corrected chi connectivity index (χ3v) is 7.03. The number of benzene rings is 2. The fourth-order valence-corrected chi connectivity index (χ4v) is 4.66. The highest BCUT2D eigenvalue weighted by molar-refractivity contribution is 6.41. The van der Waals surface area contributed by atoms with Gasteiger partial charge in [-0.05, 0) is 25.5 Å². The highest BCUT2D eigenvalue weighted by Gasteiger charge is 2.46. The molecule has 0 saturated carbocycles. The fraction of sp³-hybridized carbons (Fsp3) is 0.250. The number of halogens is 2. The average molecular weight is 551 g/mol. The number of pyridine rings is 1. The van der Waals surface area contributed by atoms with Gasteiger partial charge in [0.15, 0.2) is 11.4 Å². The molecule has 2 aromatic carbocycles. The van der Waals surface area contributed by atoms with Gasteiger partial charge in [0, 0.05) is 24.4 Å². The minimum atomic E-state index is -1.08. The molecule has 0 radical (unpaired) electrons. The van der Waals surface area contributed by atoms with Gasteiger partial charge in [-0.1, -0.05) is 36.4 Å². The Morgan fingerprint density at radius 3 is 2.40 bits per heavy atom. The summed E-state index contributed by atoms with van der Waals surface area (Å²) in [7, 11) is 0. The number of hydrogen-bond donors (Lipinski definition) is 1. The zero-order chi connectivity index (χ0) is 28.7. The molecule has 1 N–H and O–H groups in total. The zero-order valence-corrected chi connectivity index (χ0v) is 21.5. The lowest BCUT2D eigenvalue weighted by atomic mass is 10.1. The fourth-order valence-electron chi connectivity index (χ4n) is 4.66. The Morgan fingerprint density at radius 2 is 1.70 bits per heavy atom. The van der Waals surface area contributed by atoms with Crippen molar-refractivity contribution in [3.8, 4) is 5.75 Å². The second-order valence-electron chi connectivity index (χ2n) is 9.52. The molecule has 3 aromatic rings. The summed E-state index contributed by atoms with van der Waals surface area (Å²) >= 11 is 0. The van der Waals surface area contributed by atoms with Crippen LogP contribution in [0.2, 0.25) is 0 Å². The summed E-state index contributed by atoms with van der Waals surface area (Å²) in [4.78, 5) is 67.1. The molecule has 2 bridgehead atoms. The highest BCUT2D eigenvalue weighted by atomic mass is 19.1. The lowest BCUT2D eigenvalue weighted by Crippen LogP contribution is -2.58. The first-order valence-electron chi connectivity index (χ1n) is 12.4. The van der Waals surface area contributed by atoms with Crippen LogP contribution >= 0.6 is 0 Å². The molecule has 40 heavy (non-hydrogen) atoms. The van der Waals surface area contributed by atoms with Gasteiger partial charge in [-0.2, -0.15) is 0 Å². The third-order valence-electron chi connectivity index (χ3n) is 7.03. The van der Waals surface area contributed by atoms with Crippen LogP contribution in [0.15, 0.2) is 59.5 Å². The van der Waals surface area contributed by atoms with Gasteiger partial charge in [0.05, 0.1) is 6.04 Å². The maximum absolute atomic E-state index is 14.1. The maximum atomic E-state index is 14.1. The van der Waals surface area contributed by atoms with Gasteiger partial charge < -0.3 is 15.0 Å². The number of ketones is 2. The van der Waals surface area contributed by atoms with Crippen LogP contribution in [0.1, 0.15) is 45.8 Å². The SMILES string of the molecule is CC1C(=O)C(=O)C(C)N2CN1C(=O)c1c(OCc3ccccc3)c(=O)c(C(=O)NCc3ccc(F)cc3F)cn12. The molecule has 10 nitrogen and oxygen atoms in total. The summed E-state index contributed by atoms with van der Waals surface area (Å²) in [5.74, 6) is -5.24. The topological polar surface area (TPSA) is 118 Å². The van der Waals surface area contributed by atoms with Gasteiger partial charge in [0.25, 0.3) is 11.8 Å². The van der Waals surface area contributed by atoms with Crippen molar-refractivity contribution in [2.75, 3.05) is 11.7 Å². The predicted molar refractivity (Wildman–Crippen MR) is 137 cm³/mol. The number of nitrogens with zero attached hydrogens (tertiary/aromatic N) is 3. The first-order valence-corrected chi connectivity index (χ1v) is 12.4. The Bertz CT molecular complexity index is 1610. The number of aromatic nitrogens is 1. The highest BCUT2D eigenvalue weighted by Crippen LogP contribution is 2.28. The normalized spacial score (nSPS) is 18.4. The number of ether oxygens (including phenoxy) is 1. The molecule has 1 fully saturated rings. The van der Waals surface area contributed by atoms with Gasteiger partial charge in [0.2, 0.25) is 17.0 Å². The van der Waals surface area contributed by atoms with E-state index in [0.29, 0.717) is 11.6 Å². The number of nitrogens with one attached hydrogen (secondary N) is 1. The van der Waals surface area contributed by atoms with Crippen molar-refractivity contribution in [3.05, 3.63) is 99.0 Å². The molecule has 2 amide bonds. The monoisotopic (exact) mass is 550 g/mol. The Hall–Kier alpha value is -4.87. The zero-order valence-electron chi connectivity index (χ0n) is 21.5. The Balaban J connectivity index is 1.60. The minimum absolute atomic E-state index is 0.0154. The van der Waals surface area contributed by atoms with Gasteiger partial charge in [0.1, 0.15) is 36.5 Å². The number of rotatable bonds is 6. The molecular formula is C28H24F2N4O6. The van der Waals surface area contributed by atoms with E-state index in [1.54, 1.807) is 30.3 Å². The molecule has 2 aliphatic heterocycles. The Kier molecular flexibility index (Phi) is 6.92. The van der Waals surface area contributed by atoms with E-state index in [1.807, 2.05) is 0 Å². The summed E-state index contributed by atoms with van der Waals surface area (Å²) in [6, 6.07) is 9.56. The number of fused-ring (bicyclic) bond motifs is 4. The number of carbonyl (C=O) groups is 4. The van der Waals surface area contributed by atoms with Crippen LogP contribution in [0.5, 0.6) is 5.75 Å². The predicted octanol–water partition coefficient (Wildman–Crippen LogP) is 1.92. The molecule has 2 atom stereocenters. The summed E-state index contributed by atoms with van der Waals surface area (Å²) in [6.07, 6.45) is 1.10. The lowest BCUT2D eigenvalue weighted by Gasteiger charge is -2.41. The third kappa shape index (κ3) is 4.61. The van der Waals surface area contributed by atoms with E-state index in [4.69, 9.17) is 4.74 Å². The molecular weight excluding hydrogens is 526 g/mol. The molecule has 1 aromatic heterocycles. The Labute approximate surface area is 226 Å². The molecule has 2 aliphatic rings. The van der Waals surface area contributed by atoms with Crippen molar-refractivity contribution in [2.45, 2.75) is 39.1 Å². The van der Waals surface area contributed by atoms with Crippen molar-refractivity contribution >= 4 is 23.4 Å². The van der Waals surface area contributed by atoms with Gasteiger partial charge in [-0.25, -0.2) is 8.78 Å². The molecule has 1 saturated heterocycles. The molecule has 5 rings (SSSR count). The summed E-state index contributed by atoms with van der Waals surface area (Å²) in [5.41, 5.74) is -0.936. The van der Waals surface area contributed by atoms with Crippen molar-refractivity contribution in [1.82, 2.24) is 14.9 Å². The van der Waals surface area contributed by atoms with Crippen LogP contribution in [0.25, 0.3) is 0 Å².